The number of nitrogens with zero attached hydrogens (tertiary/aromatic N) is 2. The smallest absolute Gasteiger partial charge is 0.338 e. The van der Waals surface area contributed by atoms with Crippen molar-refractivity contribution in [3.05, 3.63) is 131 Å². The second-order valence-corrected chi connectivity index (χ2v) is 11.6. The Labute approximate surface area is 247 Å². The first-order valence-corrected chi connectivity index (χ1v) is 14.7. The second kappa shape index (κ2) is 12.3. The number of halogens is 1. The van der Waals surface area contributed by atoms with E-state index in [1.165, 1.54) is 16.9 Å². The van der Waals surface area contributed by atoms with Crippen LogP contribution in [0.15, 0.2) is 93.9 Å². The van der Waals surface area contributed by atoms with Gasteiger partial charge in [0.05, 0.1) is 28.5 Å². The molecular formula is C33H31ClN2O4S. The van der Waals surface area contributed by atoms with Crippen molar-refractivity contribution in [3.63, 3.8) is 0 Å². The number of benzene rings is 3. The fourth-order valence-electron chi connectivity index (χ4n) is 4.73. The topological polar surface area (TPSA) is 69.9 Å². The maximum absolute atomic E-state index is 13.8. The monoisotopic (exact) mass is 586 g/mol. The number of esters is 1. The van der Waals surface area contributed by atoms with Crippen LogP contribution in [0.1, 0.15) is 61.9 Å². The lowest BCUT2D eigenvalue weighted by Crippen LogP contribution is -2.39. The van der Waals surface area contributed by atoms with E-state index >= 15 is 0 Å². The molecule has 5 rings (SSSR count). The maximum atomic E-state index is 13.8. The molecule has 0 fully saturated rings. The van der Waals surface area contributed by atoms with Gasteiger partial charge in [-0.25, -0.2) is 9.79 Å². The molecule has 0 spiro atoms. The molecule has 3 aromatic carbocycles. The second-order valence-electron chi connectivity index (χ2n) is 10.1. The lowest BCUT2D eigenvalue weighted by Gasteiger charge is -2.25. The summed E-state index contributed by atoms with van der Waals surface area (Å²) in [6, 6.07) is 22.5. The largest absolute Gasteiger partial charge is 0.489 e. The summed E-state index contributed by atoms with van der Waals surface area (Å²) in [5, 5.41) is 0.686. The first-order valence-electron chi connectivity index (χ1n) is 13.5. The van der Waals surface area contributed by atoms with Crippen molar-refractivity contribution >= 4 is 35.0 Å². The predicted molar refractivity (Wildman–Crippen MR) is 163 cm³/mol. The normalized spacial score (nSPS) is 15.1. The lowest BCUT2D eigenvalue weighted by molar-refractivity contribution is -0.139. The van der Waals surface area contributed by atoms with Crippen molar-refractivity contribution in [2.24, 2.45) is 4.99 Å². The molecule has 0 aliphatic carbocycles. The lowest BCUT2D eigenvalue weighted by atomic mass is 9.93. The number of hydrogen-bond acceptors (Lipinski definition) is 6. The van der Waals surface area contributed by atoms with E-state index in [1.54, 1.807) is 18.4 Å². The number of carbonyl (C=O) groups is 1. The molecule has 0 N–H and O–H groups in total. The summed E-state index contributed by atoms with van der Waals surface area (Å²) in [6.07, 6.45) is 1.84. The van der Waals surface area contributed by atoms with Gasteiger partial charge in [0.15, 0.2) is 4.80 Å². The highest BCUT2D eigenvalue weighted by Crippen LogP contribution is 2.31. The minimum absolute atomic E-state index is 0.205. The van der Waals surface area contributed by atoms with E-state index in [1.807, 2.05) is 78.9 Å². The Morgan fingerprint density at radius 1 is 1.05 bits per heavy atom. The van der Waals surface area contributed by atoms with Crippen LogP contribution in [0.5, 0.6) is 5.75 Å². The molecule has 210 valence electrons. The van der Waals surface area contributed by atoms with Crippen molar-refractivity contribution in [2.75, 3.05) is 6.61 Å². The molecule has 0 saturated carbocycles. The number of allylic oxidation sites excluding steroid dienone is 1. The molecule has 41 heavy (non-hydrogen) atoms. The van der Waals surface area contributed by atoms with Gasteiger partial charge in [0.2, 0.25) is 0 Å². The van der Waals surface area contributed by atoms with Gasteiger partial charge in [0.1, 0.15) is 12.4 Å². The van der Waals surface area contributed by atoms with Gasteiger partial charge in [-0.3, -0.25) is 9.36 Å². The van der Waals surface area contributed by atoms with Crippen LogP contribution in [0.3, 0.4) is 0 Å². The summed E-state index contributed by atoms with van der Waals surface area (Å²) in [4.78, 5) is 32.1. The Bertz CT molecular complexity index is 1770. The SMILES string of the molecule is CCOC(=O)C1=C(C)N=c2s/c(=C\c3ccc(OCc4ccc(Cl)cc4)cc3)c(=O)n2[C@H]1c1ccc(C(C)C)cc1. The fourth-order valence-corrected chi connectivity index (χ4v) is 5.90. The number of thiazole rings is 1. The van der Waals surface area contributed by atoms with Crippen LogP contribution < -0.4 is 19.6 Å². The molecule has 4 aromatic rings. The van der Waals surface area contributed by atoms with Crippen LogP contribution in [-0.4, -0.2) is 17.1 Å². The standard InChI is InChI=1S/C33H31ClN2O4S/c1-5-39-32(38)29-21(4)35-33-36(30(29)25-12-10-24(11-13-25)20(2)3)31(37)28(41-33)18-22-8-16-27(17-9-22)40-19-23-6-14-26(34)15-7-23/h6-18,20,30H,5,19H2,1-4H3/b28-18-/t30-/m0/s1. The number of aromatic nitrogens is 1. The summed E-state index contributed by atoms with van der Waals surface area (Å²) in [6.45, 7) is 8.48. The quantitative estimate of drug-likeness (QED) is 0.232. The van der Waals surface area contributed by atoms with Crippen molar-refractivity contribution in [1.29, 1.82) is 0 Å². The Morgan fingerprint density at radius 2 is 1.73 bits per heavy atom. The van der Waals surface area contributed by atoms with Gasteiger partial charge in [-0.2, -0.15) is 0 Å². The van der Waals surface area contributed by atoms with E-state index in [0.29, 0.717) is 38.2 Å². The number of ether oxygens (including phenoxy) is 2. The number of hydrogen-bond donors (Lipinski definition) is 0. The molecule has 1 aliphatic rings. The van der Waals surface area contributed by atoms with Crippen LogP contribution in [0.4, 0.5) is 0 Å². The Balaban J connectivity index is 1.49. The summed E-state index contributed by atoms with van der Waals surface area (Å²) in [5.74, 6) is 0.621. The zero-order valence-corrected chi connectivity index (χ0v) is 25.0. The van der Waals surface area contributed by atoms with Crippen LogP contribution in [0.25, 0.3) is 6.08 Å². The Hall–Kier alpha value is -3.94. The third-order valence-electron chi connectivity index (χ3n) is 6.93. The molecule has 1 aliphatic heterocycles. The van der Waals surface area contributed by atoms with Crippen molar-refractivity contribution in [1.82, 2.24) is 4.57 Å². The van der Waals surface area contributed by atoms with E-state index in [9.17, 15) is 9.59 Å². The number of rotatable bonds is 8. The van der Waals surface area contributed by atoms with Crippen molar-refractivity contribution in [3.8, 4) is 5.75 Å². The van der Waals surface area contributed by atoms with Gasteiger partial charge in [-0.15, -0.1) is 0 Å². The van der Waals surface area contributed by atoms with Crippen LogP contribution in [0, 0.1) is 0 Å². The number of carbonyl (C=O) groups excluding carboxylic acids is 1. The molecule has 1 atom stereocenters. The van der Waals surface area contributed by atoms with E-state index in [0.717, 1.165) is 22.4 Å². The summed E-state index contributed by atoms with van der Waals surface area (Å²) >= 11 is 7.26. The molecular weight excluding hydrogens is 556 g/mol. The minimum Gasteiger partial charge on any atom is -0.489 e. The van der Waals surface area contributed by atoms with Gasteiger partial charge in [-0.05, 0) is 72.4 Å². The van der Waals surface area contributed by atoms with Gasteiger partial charge < -0.3 is 9.47 Å². The van der Waals surface area contributed by atoms with Gasteiger partial charge >= 0.3 is 5.97 Å². The summed E-state index contributed by atoms with van der Waals surface area (Å²) in [7, 11) is 0. The van der Waals surface area contributed by atoms with E-state index in [-0.39, 0.29) is 12.2 Å². The van der Waals surface area contributed by atoms with Crippen molar-refractivity contribution in [2.45, 2.75) is 46.3 Å². The first kappa shape index (κ1) is 28.6. The third-order valence-corrected chi connectivity index (χ3v) is 8.17. The molecule has 6 nitrogen and oxygen atoms in total. The minimum atomic E-state index is -0.627. The molecule has 8 heteroatoms. The average Bonchev–Trinajstić information content (AvgIpc) is 3.26. The highest BCUT2D eigenvalue weighted by molar-refractivity contribution is 7.07. The van der Waals surface area contributed by atoms with E-state index in [2.05, 4.69) is 18.8 Å². The van der Waals surface area contributed by atoms with Crippen LogP contribution >= 0.6 is 22.9 Å². The Kier molecular flexibility index (Phi) is 8.57. The highest BCUT2D eigenvalue weighted by Gasteiger charge is 2.33. The van der Waals surface area contributed by atoms with Gasteiger partial charge in [-0.1, -0.05) is 85.3 Å². The third kappa shape index (κ3) is 6.21. The zero-order chi connectivity index (χ0) is 29.1. The average molecular weight is 587 g/mol. The molecule has 0 radical (unpaired) electrons. The molecule has 1 aromatic heterocycles. The van der Waals surface area contributed by atoms with E-state index < -0.39 is 12.0 Å². The van der Waals surface area contributed by atoms with Gasteiger partial charge in [0, 0.05) is 5.02 Å². The van der Waals surface area contributed by atoms with Gasteiger partial charge in [0.25, 0.3) is 5.56 Å². The highest BCUT2D eigenvalue weighted by atomic mass is 35.5. The molecule has 0 bridgehead atoms. The molecule has 0 amide bonds. The predicted octanol–water partition coefficient (Wildman–Crippen LogP) is 6.15. The molecule has 0 unspecified atom stereocenters. The van der Waals surface area contributed by atoms with Crippen LogP contribution in [0.2, 0.25) is 5.02 Å². The van der Waals surface area contributed by atoms with Crippen molar-refractivity contribution < 1.29 is 14.3 Å². The fraction of sp³-hybridized carbons (Fsp3) is 0.242. The first-order chi connectivity index (χ1) is 19.7. The molecule has 0 saturated heterocycles. The number of fused-ring (bicyclic) bond motifs is 1. The van der Waals surface area contributed by atoms with E-state index in [4.69, 9.17) is 21.1 Å². The Morgan fingerprint density at radius 3 is 2.37 bits per heavy atom. The maximum Gasteiger partial charge on any atom is 0.338 e. The summed E-state index contributed by atoms with van der Waals surface area (Å²) in [5.41, 5.74) is 4.62. The van der Waals surface area contributed by atoms with Crippen LogP contribution in [-0.2, 0) is 16.1 Å². The summed E-state index contributed by atoms with van der Waals surface area (Å²) < 4.78 is 13.4. The molecule has 2 heterocycles. The zero-order valence-electron chi connectivity index (χ0n) is 23.4.